The van der Waals surface area contributed by atoms with Gasteiger partial charge in [0.25, 0.3) is 0 Å². The van der Waals surface area contributed by atoms with Gasteiger partial charge < -0.3 is 15.2 Å². The zero-order chi connectivity index (χ0) is 16.3. The molecule has 2 aliphatic rings. The first-order valence-electron chi connectivity index (χ1n) is 8.51. The maximum Gasteiger partial charge on any atom is 0.332 e. The Balaban J connectivity index is 2.09. The number of hydrogen-bond donors (Lipinski definition) is 2. The van der Waals surface area contributed by atoms with Gasteiger partial charge in [0.15, 0.2) is 0 Å². The average molecular weight is 311 g/mol. The maximum absolute atomic E-state index is 12.7. The van der Waals surface area contributed by atoms with E-state index in [0.29, 0.717) is 30.6 Å². The average Bonchev–Trinajstić information content (AvgIpc) is 2.81. The van der Waals surface area contributed by atoms with Gasteiger partial charge in [-0.3, -0.25) is 4.79 Å². The molecule has 0 aromatic rings. The van der Waals surface area contributed by atoms with Crippen molar-refractivity contribution in [2.24, 2.45) is 17.8 Å². The molecule has 126 valence electrons. The standard InChI is InChI=1S/C17H29NO4/c1-11(2)13-5-4-12(3)10-14(13)22-16(21)17(8-9-19)7-6-15(20)18-17/h11-14,19H,4-10H2,1-3H3,(H,18,20)/t12-,13+,14-,17+/m0/s1. The Labute approximate surface area is 132 Å². The van der Waals surface area contributed by atoms with E-state index in [1.165, 1.54) is 6.42 Å². The topological polar surface area (TPSA) is 75.6 Å². The van der Waals surface area contributed by atoms with Crippen LogP contribution in [0.25, 0.3) is 0 Å². The van der Waals surface area contributed by atoms with Crippen molar-refractivity contribution in [3.63, 3.8) is 0 Å². The second-order valence-corrected chi connectivity index (χ2v) is 7.37. The molecule has 5 heteroatoms. The van der Waals surface area contributed by atoms with Crippen molar-refractivity contribution in [2.75, 3.05) is 6.61 Å². The summed E-state index contributed by atoms with van der Waals surface area (Å²) in [4.78, 5) is 24.3. The van der Waals surface area contributed by atoms with Gasteiger partial charge in [-0.25, -0.2) is 4.79 Å². The Morgan fingerprint density at radius 2 is 2.18 bits per heavy atom. The Morgan fingerprint density at radius 1 is 1.45 bits per heavy atom. The van der Waals surface area contributed by atoms with E-state index in [4.69, 9.17) is 4.74 Å². The molecule has 0 unspecified atom stereocenters. The van der Waals surface area contributed by atoms with Gasteiger partial charge in [0.1, 0.15) is 11.6 Å². The molecule has 0 aromatic heterocycles. The molecule has 0 spiro atoms. The Kier molecular flexibility index (Phi) is 5.48. The van der Waals surface area contributed by atoms with Crippen LogP contribution in [-0.4, -0.2) is 35.2 Å². The number of esters is 1. The molecule has 0 aromatic carbocycles. The van der Waals surface area contributed by atoms with E-state index in [2.05, 4.69) is 26.1 Å². The molecule has 1 saturated carbocycles. The smallest absolute Gasteiger partial charge is 0.332 e. The number of aliphatic hydroxyl groups is 1. The van der Waals surface area contributed by atoms with Crippen molar-refractivity contribution < 1.29 is 19.4 Å². The summed E-state index contributed by atoms with van der Waals surface area (Å²) in [5, 5.41) is 12.0. The van der Waals surface area contributed by atoms with Crippen molar-refractivity contribution in [1.82, 2.24) is 5.32 Å². The van der Waals surface area contributed by atoms with Crippen LogP contribution in [0, 0.1) is 17.8 Å². The molecule has 22 heavy (non-hydrogen) atoms. The highest BCUT2D eigenvalue weighted by Gasteiger charge is 2.47. The lowest BCUT2D eigenvalue weighted by Gasteiger charge is -2.38. The summed E-state index contributed by atoms with van der Waals surface area (Å²) in [6, 6.07) is 0. The molecule has 1 amide bonds. The molecule has 2 fully saturated rings. The fourth-order valence-corrected chi connectivity index (χ4v) is 3.85. The van der Waals surface area contributed by atoms with E-state index >= 15 is 0 Å². The molecule has 1 saturated heterocycles. The number of carbonyl (C=O) groups excluding carboxylic acids is 2. The van der Waals surface area contributed by atoms with E-state index in [1.54, 1.807) is 0 Å². The van der Waals surface area contributed by atoms with Crippen LogP contribution in [0.15, 0.2) is 0 Å². The minimum Gasteiger partial charge on any atom is -0.460 e. The van der Waals surface area contributed by atoms with Crippen LogP contribution in [0.5, 0.6) is 0 Å². The zero-order valence-corrected chi connectivity index (χ0v) is 13.9. The van der Waals surface area contributed by atoms with E-state index in [0.717, 1.165) is 12.8 Å². The molecule has 2 rings (SSSR count). The molecular weight excluding hydrogens is 282 g/mol. The maximum atomic E-state index is 12.7. The lowest BCUT2D eigenvalue weighted by atomic mass is 9.75. The van der Waals surface area contributed by atoms with Crippen LogP contribution >= 0.6 is 0 Å². The third-order valence-corrected chi connectivity index (χ3v) is 5.31. The quantitative estimate of drug-likeness (QED) is 0.762. The fraction of sp³-hybridized carbons (Fsp3) is 0.882. The minimum absolute atomic E-state index is 0.0793. The number of hydrogen-bond acceptors (Lipinski definition) is 4. The molecule has 2 N–H and O–H groups in total. The lowest BCUT2D eigenvalue weighted by Crippen LogP contribution is -2.52. The molecule has 1 heterocycles. The highest BCUT2D eigenvalue weighted by Crippen LogP contribution is 2.37. The minimum atomic E-state index is -1.02. The number of aliphatic hydroxyl groups excluding tert-OH is 1. The molecule has 5 nitrogen and oxygen atoms in total. The predicted molar refractivity (Wildman–Crippen MR) is 83.0 cm³/mol. The van der Waals surface area contributed by atoms with Gasteiger partial charge in [-0.15, -0.1) is 0 Å². The highest BCUT2D eigenvalue weighted by molar-refractivity contribution is 5.91. The summed E-state index contributed by atoms with van der Waals surface area (Å²) in [5.41, 5.74) is -1.02. The molecule has 1 aliphatic heterocycles. The summed E-state index contributed by atoms with van der Waals surface area (Å²) in [5.74, 6) is 0.903. The monoisotopic (exact) mass is 311 g/mol. The first-order chi connectivity index (χ1) is 10.4. The number of carbonyl (C=O) groups is 2. The van der Waals surface area contributed by atoms with Gasteiger partial charge in [-0.1, -0.05) is 27.2 Å². The van der Waals surface area contributed by atoms with E-state index in [9.17, 15) is 14.7 Å². The molecule has 4 atom stereocenters. The second kappa shape index (κ2) is 6.99. The first kappa shape index (κ1) is 17.3. The van der Waals surface area contributed by atoms with Crippen LogP contribution < -0.4 is 5.32 Å². The number of nitrogens with one attached hydrogen (secondary N) is 1. The number of rotatable bonds is 5. The van der Waals surface area contributed by atoms with Crippen LogP contribution in [0.1, 0.15) is 59.3 Å². The van der Waals surface area contributed by atoms with Crippen LogP contribution in [0.2, 0.25) is 0 Å². The van der Waals surface area contributed by atoms with Gasteiger partial charge in [0.05, 0.1) is 0 Å². The lowest BCUT2D eigenvalue weighted by molar-refractivity contribution is -0.165. The largest absolute Gasteiger partial charge is 0.460 e. The van der Waals surface area contributed by atoms with Gasteiger partial charge in [-0.2, -0.15) is 0 Å². The van der Waals surface area contributed by atoms with E-state index in [1.807, 2.05) is 0 Å². The van der Waals surface area contributed by atoms with E-state index < -0.39 is 5.54 Å². The molecule has 0 bridgehead atoms. The summed E-state index contributed by atoms with van der Waals surface area (Å²) in [7, 11) is 0. The Hall–Kier alpha value is -1.10. The third-order valence-electron chi connectivity index (χ3n) is 5.31. The van der Waals surface area contributed by atoms with Crippen molar-refractivity contribution >= 4 is 11.9 Å². The molecule has 1 aliphatic carbocycles. The van der Waals surface area contributed by atoms with Crippen molar-refractivity contribution in [2.45, 2.75) is 70.9 Å². The summed E-state index contributed by atoms with van der Waals surface area (Å²) in [6.45, 7) is 6.40. The van der Waals surface area contributed by atoms with Crippen LogP contribution in [0.4, 0.5) is 0 Å². The van der Waals surface area contributed by atoms with Gasteiger partial charge in [0, 0.05) is 19.4 Å². The van der Waals surface area contributed by atoms with Crippen molar-refractivity contribution in [1.29, 1.82) is 0 Å². The fourth-order valence-electron chi connectivity index (χ4n) is 3.85. The second-order valence-electron chi connectivity index (χ2n) is 7.37. The number of amides is 1. The third kappa shape index (κ3) is 3.62. The van der Waals surface area contributed by atoms with Crippen molar-refractivity contribution in [3.05, 3.63) is 0 Å². The highest BCUT2D eigenvalue weighted by atomic mass is 16.5. The summed E-state index contributed by atoms with van der Waals surface area (Å²) >= 11 is 0. The van der Waals surface area contributed by atoms with Gasteiger partial charge in [-0.05, 0) is 37.0 Å². The molecular formula is C17H29NO4. The number of ether oxygens (including phenoxy) is 1. The zero-order valence-electron chi connectivity index (χ0n) is 13.9. The van der Waals surface area contributed by atoms with Crippen LogP contribution in [-0.2, 0) is 14.3 Å². The van der Waals surface area contributed by atoms with Gasteiger partial charge in [0.2, 0.25) is 5.91 Å². The van der Waals surface area contributed by atoms with Crippen LogP contribution in [0.3, 0.4) is 0 Å². The van der Waals surface area contributed by atoms with E-state index in [-0.39, 0.29) is 31.0 Å². The summed E-state index contributed by atoms with van der Waals surface area (Å²) < 4.78 is 5.86. The molecule has 0 radical (unpaired) electrons. The van der Waals surface area contributed by atoms with Gasteiger partial charge >= 0.3 is 5.97 Å². The predicted octanol–water partition coefficient (Wildman–Crippen LogP) is 2.02. The summed E-state index contributed by atoms with van der Waals surface area (Å²) in [6.07, 6.45) is 4.03. The normalized spacial score (nSPS) is 35.5. The Bertz CT molecular complexity index is 423. The van der Waals surface area contributed by atoms with Crippen molar-refractivity contribution in [3.8, 4) is 0 Å². The Morgan fingerprint density at radius 3 is 2.73 bits per heavy atom. The SMILES string of the molecule is CC(C)[C@H]1CC[C@H](C)C[C@@H]1OC(=O)[C@]1(CCO)CCC(=O)N1. The first-order valence-corrected chi connectivity index (χ1v) is 8.51.